The zero-order valence-electron chi connectivity index (χ0n) is 12.3. The molecule has 0 fully saturated rings. The summed E-state index contributed by atoms with van der Waals surface area (Å²) in [6.45, 7) is 1.63. The van der Waals surface area contributed by atoms with Crippen molar-refractivity contribution in [2.75, 3.05) is 5.32 Å². The number of phenolic OH excluding ortho intramolecular Hbond substituents is 1. The van der Waals surface area contributed by atoms with Crippen LogP contribution in [-0.4, -0.2) is 23.3 Å². The predicted molar refractivity (Wildman–Crippen MR) is 91.0 cm³/mol. The highest BCUT2D eigenvalue weighted by atomic mass is 79.9. The van der Waals surface area contributed by atoms with Gasteiger partial charge in [0.25, 0.3) is 5.91 Å². The molecular formula is C16H15BrFN3O2. The summed E-state index contributed by atoms with van der Waals surface area (Å²) in [7, 11) is 0. The zero-order valence-corrected chi connectivity index (χ0v) is 13.8. The van der Waals surface area contributed by atoms with Crippen molar-refractivity contribution in [1.82, 2.24) is 5.43 Å². The molecule has 0 bridgehead atoms. The third-order valence-electron chi connectivity index (χ3n) is 3.00. The molecule has 2 rings (SSSR count). The van der Waals surface area contributed by atoms with Crippen LogP contribution in [0.25, 0.3) is 0 Å². The first-order valence-corrected chi connectivity index (χ1v) is 7.59. The molecule has 0 aliphatic carbocycles. The van der Waals surface area contributed by atoms with E-state index in [2.05, 4.69) is 31.8 Å². The number of amides is 1. The summed E-state index contributed by atoms with van der Waals surface area (Å²) in [5.41, 5.74) is 3.32. The second-order valence-electron chi connectivity index (χ2n) is 4.79. The second-order valence-corrected chi connectivity index (χ2v) is 5.64. The molecule has 0 aliphatic rings. The van der Waals surface area contributed by atoms with Crippen LogP contribution in [0.2, 0.25) is 0 Å². The highest BCUT2D eigenvalue weighted by Gasteiger charge is 2.12. The number of hydrogen-bond donors (Lipinski definition) is 3. The number of rotatable bonds is 5. The van der Waals surface area contributed by atoms with E-state index in [1.54, 1.807) is 37.3 Å². The van der Waals surface area contributed by atoms with E-state index in [0.717, 1.165) is 0 Å². The van der Waals surface area contributed by atoms with Crippen molar-refractivity contribution in [1.29, 1.82) is 0 Å². The van der Waals surface area contributed by atoms with Gasteiger partial charge in [-0.3, -0.25) is 4.79 Å². The van der Waals surface area contributed by atoms with Gasteiger partial charge in [-0.15, -0.1) is 0 Å². The molecule has 0 heterocycles. The molecule has 0 saturated carbocycles. The first-order chi connectivity index (χ1) is 11.0. The van der Waals surface area contributed by atoms with Crippen molar-refractivity contribution in [2.24, 2.45) is 5.10 Å². The molecule has 120 valence electrons. The van der Waals surface area contributed by atoms with Gasteiger partial charge in [-0.1, -0.05) is 12.1 Å². The van der Waals surface area contributed by atoms with Gasteiger partial charge in [0, 0.05) is 11.3 Å². The highest BCUT2D eigenvalue weighted by molar-refractivity contribution is 9.10. The molecule has 1 unspecified atom stereocenters. The van der Waals surface area contributed by atoms with Crippen LogP contribution >= 0.6 is 15.9 Å². The number of nitrogens with one attached hydrogen (secondary N) is 2. The van der Waals surface area contributed by atoms with E-state index in [4.69, 9.17) is 0 Å². The van der Waals surface area contributed by atoms with E-state index in [9.17, 15) is 14.3 Å². The van der Waals surface area contributed by atoms with Crippen LogP contribution in [0.4, 0.5) is 10.1 Å². The Morgan fingerprint density at radius 1 is 1.35 bits per heavy atom. The predicted octanol–water partition coefficient (Wildman–Crippen LogP) is 3.24. The largest absolute Gasteiger partial charge is 0.506 e. The molecule has 0 radical (unpaired) electrons. The Hall–Kier alpha value is -2.41. The number of anilines is 1. The molecule has 5 nitrogen and oxygen atoms in total. The van der Waals surface area contributed by atoms with Crippen molar-refractivity contribution in [3.63, 3.8) is 0 Å². The van der Waals surface area contributed by atoms with E-state index < -0.39 is 6.04 Å². The molecule has 0 spiro atoms. The maximum Gasteiger partial charge on any atom is 0.262 e. The zero-order chi connectivity index (χ0) is 16.8. The number of aromatic hydroxyl groups is 1. The topological polar surface area (TPSA) is 73.7 Å². The molecule has 3 N–H and O–H groups in total. The summed E-state index contributed by atoms with van der Waals surface area (Å²) < 4.78 is 13.6. The number of phenols is 1. The normalized spacial score (nSPS) is 12.1. The van der Waals surface area contributed by atoms with Crippen molar-refractivity contribution in [3.05, 3.63) is 58.3 Å². The third-order valence-corrected chi connectivity index (χ3v) is 3.64. The van der Waals surface area contributed by atoms with Gasteiger partial charge in [0.2, 0.25) is 0 Å². The number of carbonyl (C=O) groups excluding carboxylic acids is 1. The fourth-order valence-corrected chi connectivity index (χ4v) is 2.17. The van der Waals surface area contributed by atoms with Gasteiger partial charge >= 0.3 is 0 Å². The molecule has 1 amide bonds. The van der Waals surface area contributed by atoms with Crippen LogP contribution in [-0.2, 0) is 4.79 Å². The van der Waals surface area contributed by atoms with Gasteiger partial charge in [0.1, 0.15) is 17.6 Å². The lowest BCUT2D eigenvalue weighted by atomic mass is 10.2. The molecule has 7 heteroatoms. The fraction of sp³-hybridized carbons (Fsp3) is 0.125. The Morgan fingerprint density at radius 2 is 2.09 bits per heavy atom. The summed E-state index contributed by atoms with van der Waals surface area (Å²) in [5, 5.41) is 16.5. The first kappa shape index (κ1) is 17.0. The summed E-state index contributed by atoms with van der Waals surface area (Å²) >= 11 is 3.19. The van der Waals surface area contributed by atoms with Gasteiger partial charge < -0.3 is 10.4 Å². The molecule has 0 aromatic heterocycles. The highest BCUT2D eigenvalue weighted by Crippen LogP contribution is 2.25. The Bertz CT molecular complexity index is 737. The van der Waals surface area contributed by atoms with E-state index in [0.29, 0.717) is 15.7 Å². The lowest BCUT2D eigenvalue weighted by Gasteiger charge is -2.13. The number of hydrazone groups is 1. The summed E-state index contributed by atoms with van der Waals surface area (Å²) in [6, 6.07) is 10.3. The SMILES string of the molecule is CC(Nc1cccc(F)c1)C(=O)NN=Cc1cccc(Br)c1O. The van der Waals surface area contributed by atoms with Gasteiger partial charge in [-0.05, 0) is 53.2 Å². The molecule has 1 atom stereocenters. The van der Waals surface area contributed by atoms with Crippen LogP contribution < -0.4 is 10.7 Å². The van der Waals surface area contributed by atoms with Crippen LogP contribution in [0.3, 0.4) is 0 Å². The monoisotopic (exact) mass is 379 g/mol. The maximum atomic E-state index is 13.1. The number of hydrogen-bond acceptors (Lipinski definition) is 4. The molecular weight excluding hydrogens is 365 g/mol. The Labute approximate surface area is 141 Å². The number of para-hydroxylation sites is 1. The average Bonchev–Trinajstić information content (AvgIpc) is 2.51. The van der Waals surface area contributed by atoms with Gasteiger partial charge in [0.15, 0.2) is 0 Å². The molecule has 0 saturated heterocycles. The summed E-state index contributed by atoms with van der Waals surface area (Å²) in [6.07, 6.45) is 1.34. The Kier molecular flexibility index (Phi) is 5.70. The molecule has 0 aliphatic heterocycles. The minimum Gasteiger partial charge on any atom is -0.506 e. The van der Waals surface area contributed by atoms with Gasteiger partial charge in [0.05, 0.1) is 10.7 Å². The van der Waals surface area contributed by atoms with Gasteiger partial charge in [-0.25, -0.2) is 9.82 Å². The van der Waals surface area contributed by atoms with E-state index in [-0.39, 0.29) is 17.5 Å². The lowest BCUT2D eigenvalue weighted by molar-refractivity contribution is -0.121. The van der Waals surface area contributed by atoms with Gasteiger partial charge in [-0.2, -0.15) is 5.10 Å². The maximum absolute atomic E-state index is 13.1. The molecule has 2 aromatic carbocycles. The standard InChI is InChI=1S/C16H15BrFN3O2/c1-10(20-13-6-3-5-12(18)8-13)16(23)21-19-9-11-4-2-7-14(17)15(11)22/h2-10,20,22H,1H3,(H,21,23). The van der Waals surface area contributed by atoms with Crippen molar-refractivity contribution >= 4 is 33.7 Å². The number of halogens is 2. The van der Waals surface area contributed by atoms with Crippen LogP contribution in [0.5, 0.6) is 5.75 Å². The van der Waals surface area contributed by atoms with E-state index in [1.165, 1.54) is 18.3 Å². The number of benzene rings is 2. The van der Waals surface area contributed by atoms with Crippen LogP contribution in [0.15, 0.2) is 52.0 Å². The average molecular weight is 380 g/mol. The third kappa shape index (κ3) is 4.79. The van der Waals surface area contributed by atoms with E-state index in [1.807, 2.05) is 0 Å². The van der Waals surface area contributed by atoms with Crippen molar-refractivity contribution < 1.29 is 14.3 Å². The number of nitrogens with zero attached hydrogens (tertiary/aromatic N) is 1. The number of carbonyl (C=O) groups is 1. The summed E-state index contributed by atoms with van der Waals surface area (Å²) in [4.78, 5) is 11.9. The fourth-order valence-electron chi connectivity index (χ4n) is 1.79. The summed E-state index contributed by atoms with van der Waals surface area (Å²) in [5.74, 6) is -0.734. The van der Waals surface area contributed by atoms with Crippen LogP contribution in [0.1, 0.15) is 12.5 Å². The lowest BCUT2D eigenvalue weighted by Crippen LogP contribution is -2.34. The Morgan fingerprint density at radius 3 is 2.83 bits per heavy atom. The molecule has 23 heavy (non-hydrogen) atoms. The molecule has 2 aromatic rings. The Balaban J connectivity index is 1.93. The smallest absolute Gasteiger partial charge is 0.262 e. The van der Waals surface area contributed by atoms with Crippen molar-refractivity contribution in [3.8, 4) is 5.75 Å². The van der Waals surface area contributed by atoms with Crippen molar-refractivity contribution in [2.45, 2.75) is 13.0 Å². The first-order valence-electron chi connectivity index (χ1n) is 6.80. The minimum absolute atomic E-state index is 0.0384. The quantitative estimate of drug-likeness (QED) is 0.551. The van der Waals surface area contributed by atoms with E-state index >= 15 is 0 Å². The second kappa shape index (κ2) is 7.73. The minimum atomic E-state index is -0.606. The van der Waals surface area contributed by atoms with Crippen LogP contribution in [0, 0.1) is 5.82 Å².